The first-order valence-corrected chi connectivity index (χ1v) is 4.33. The van der Waals surface area contributed by atoms with Gasteiger partial charge in [0, 0.05) is 6.54 Å². The average molecular weight is 218 g/mol. The lowest BCUT2D eigenvalue weighted by Crippen LogP contribution is -2.40. The van der Waals surface area contributed by atoms with Crippen LogP contribution in [0.25, 0.3) is 0 Å². The van der Waals surface area contributed by atoms with Gasteiger partial charge < -0.3 is 20.5 Å². The van der Waals surface area contributed by atoms with Gasteiger partial charge in [0.1, 0.15) is 13.2 Å². The molecule has 3 N–H and O–H groups in total. The molecular weight excluding hydrogens is 204 g/mol. The number of rotatable bonds is 7. The zero-order chi connectivity index (χ0) is 11.8. The highest BCUT2D eigenvalue weighted by Gasteiger charge is 2.14. The Kier molecular flexibility index (Phi) is 6.03. The molecular formula is C8H14N2O5. The lowest BCUT2D eigenvalue weighted by Gasteiger charge is -2.18. The number of carbonyl (C=O) groups excluding carboxylic acids is 2. The molecule has 0 radical (unpaired) electrons. The predicted octanol–water partition coefficient (Wildman–Crippen LogP) is -1.58. The van der Waals surface area contributed by atoms with E-state index >= 15 is 0 Å². The Morgan fingerprint density at radius 3 is 2.33 bits per heavy atom. The van der Waals surface area contributed by atoms with Crippen LogP contribution in [0.15, 0.2) is 0 Å². The molecule has 0 rings (SSSR count). The molecule has 0 atom stereocenters. The van der Waals surface area contributed by atoms with E-state index in [1.807, 2.05) is 0 Å². The Bertz CT molecular complexity index is 253. The summed E-state index contributed by atoms with van der Waals surface area (Å²) in [5, 5.41) is 8.24. The first-order chi connectivity index (χ1) is 6.97. The molecule has 0 aromatic rings. The molecule has 7 nitrogen and oxygen atoms in total. The van der Waals surface area contributed by atoms with Crippen molar-refractivity contribution in [2.45, 2.75) is 6.92 Å². The SMILES string of the molecule is CCN(CC(N)=O)C(=O)COCC(=O)O. The van der Waals surface area contributed by atoms with Gasteiger partial charge in [0.2, 0.25) is 11.8 Å². The predicted molar refractivity (Wildman–Crippen MR) is 49.9 cm³/mol. The fourth-order valence-electron chi connectivity index (χ4n) is 0.881. The van der Waals surface area contributed by atoms with Gasteiger partial charge in [-0.05, 0) is 6.92 Å². The third-order valence-electron chi connectivity index (χ3n) is 1.53. The third-order valence-corrected chi connectivity index (χ3v) is 1.53. The lowest BCUT2D eigenvalue weighted by molar-refractivity contribution is -0.146. The van der Waals surface area contributed by atoms with Crippen molar-refractivity contribution in [1.82, 2.24) is 4.90 Å². The molecule has 7 heteroatoms. The molecule has 2 amide bonds. The van der Waals surface area contributed by atoms with Crippen LogP contribution in [0.3, 0.4) is 0 Å². The van der Waals surface area contributed by atoms with Gasteiger partial charge in [0.05, 0.1) is 6.54 Å². The van der Waals surface area contributed by atoms with Crippen LogP contribution in [-0.2, 0) is 19.1 Å². The van der Waals surface area contributed by atoms with E-state index in [4.69, 9.17) is 10.8 Å². The molecule has 0 spiro atoms. The normalized spacial score (nSPS) is 9.67. The van der Waals surface area contributed by atoms with Crippen molar-refractivity contribution in [1.29, 1.82) is 0 Å². The molecule has 0 unspecified atom stereocenters. The topological polar surface area (TPSA) is 110 Å². The second kappa shape index (κ2) is 6.77. The Balaban J connectivity index is 3.93. The van der Waals surface area contributed by atoms with Crippen LogP contribution >= 0.6 is 0 Å². The maximum Gasteiger partial charge on any atom is 0.329 e. The Morgan fingerprint density at radius 1 is 1.33 bits per heavy atom. The fraction of sp³-hybridized carbons (Fsp3) is 0.625. The van der Waals surface area contributed by atoms with Gasteiger partial charge in [-0.2, -0.15) is 0 Å². The highest BCUT2D eigenvalue weighted by molar-refractivity contribution is 5.84. The second-order valence-corrected chi connectivity index (χ2v) is 2.76. The van der Waals surface area contributed by atoms with Gasteiger partial charge in [-0.25, -0.2) is 4.79 Å². The van der Waals surface area contributed by atoms with Crippen molar-refractivity contribution in [3.63, 3.8) is 0 Å². The van der Waals surface area contributed by atoms with E-state index in [1.165, 1.54) is 4.90 Å². The van der Waals surface area contributed by atoms with E-state index in [-0.39, 0.29) is 13.2 Å². The molecule has 15 heavy (non-hydrogen) atoms. The largest absolute Gasteiger partial charge is 0.480 e. The van der Waals surface area contributed by atoms with Crippen LogP contribution in [0.5, 0.6) is 0 Å². The summed E-state index contributed by atoms with van der Waals surface area (Å²) in [6, 6.07) is 0. The summed E-state index contributed by atoms with van der Waals surface area (Å²) >= 11 is 0. The Morgan fingerprint density at radius 2 is 1.93 bits per heavy atom. The summed E-state index contributed by atoms with van der Waals surface area (Å²) in [5.41, 5.74) is 4.92. The van der Waals surface area contributed by atoms with Crippen molar-refractivity contribution in [3.05, 3.63) is 0 Å². The zero-order valence-electron chi connectivity index (χ0n) is 8.43. The summed E-state index contributed by atoms with van der Waals surface area (Å²) in [5.74, 6) is -2.23. The summed E-state index contributed by atoms with van der Waals surface area (Å²) in [4.78, 5) is 33.1. The van der Waals surface area contributed by atoms with Crippen molar-refractivity contribution in [2.24, 2.45) is 5.73 Å². The number of carboxylic acids is 1. The minimum Gasteiger partial charge on any atom is -0.480 e. The van der Waals surface area contributed by atoms with Gasteiger partial charge in [-0.1, -0.05) is 0 Å². The van der Waals surface area contributed by atoms with Gasteiger partial charge >= 0.3 is 5.97 Å². The number of nitrogens with two attached hydrogens (primary N) is 1. The molecule has 0 bridgehead atoms. The number of primary amides is 1. The van der Waals surface area contributed by atoms with Crippen molar-refractivity contribution < 1.29 is 24.2 Å². The number of nitrogens with zero attached hydrogens (tertiary/aromatic N) is 1. The molecule has 0 aliphatic carbocycles. The number of carboxylic acid groups (broad SMARTS) is 1. The van der Waals surface area contributed by atoms with Crippen LogP contribution in [-0.4, -0.2) is 54.1 Å². The highest BCUT2D eigenvalue weighted by Crippen LogP contribution is 1.90. The van der Waals surface area contributed by atoms with E-state index in [1.54, 1.807) is 6.92 Å². The molecule has 0 aromatic heterocycles. The Hall–Kier alpha value is -1.63. The molecule has 0 aromatic carbocycles. The van der Waals surface area contributed by atoms with Crippen molar-refractivity contribution in [2.75, 3.05) is 26.3 Å². The van der Waals surface area contributed by atoms with Crippen LogP contribution < -0.4 is 5.73 Å². The number of carbonyl (C=O) groups is 3. The van der Waals surface area contributed by atoms with E-state index in [2.05, 4.69) is 4.74 Å². The number of amides is 2. The average Bonchev–Trinajstić information content (AvgIpc) is 2.13. The van der Waals surface area contributed by atoms with Gasteiger partial charge in [-0.15, -0.1) is 0 Å². The van der Waals surface area contributed by atoms with Crippen molar-refractivity contribution in [3.8, 4) is 0 Å². The molecule has 0 saturated carbocycles. The maximum atomic E-state index is 11.3. The maximum absolute atomic E-state index is 11.3. The molecule has 0 fully saturated rings. The van der Waals surface area contributed by atoms with E-state index < -0.39 is 24.4 Å². The van der Waals surface area contributed by atoms with E-state index in [0.717, 1.165) is 0 Å². The standard InChI is InChI=1S/C8H14N2O5/c1-2-10(3-6(9)11)7(12)4-15-5-8(13)14/h2-5H2,1H3,(H2,9,11)(H,13,14). The fourth-order valence-corrected chi connectivity index (χ4v) is 0.881. The highest BCUT2D eigenvalue weighted by atomic mass is 16.5. The number of hydrogen-bond acceptors (Lipinski definition) is 4. The quantitative estimate of drug-likeness (QED) is 0.536. The van der Waals surface area contributed by atoms with Crippen LogP contribution in [0.4, 0.5) is 0 Å². The monoisotopic (exact) mass is 218 g/mol. The van der Waals surface area contributed by atoms with E-state index in [9.17, 15) is 14.4 Å². The van der Waals surface area contributed by atoms with Crippen LogP contribution in [0.2, 0.25) is 0 Å². The lowest BCUT2D eigenvalue weighted by atomic mass is 10.4. The molecule has 0 aliphatic rings. The van der Waals surface area contributed by atoms with Gasteiger partial charge in [0.15, 0.2) is 0 Å². The van der Waals surface area contributed by atoms with Crippen molar-refractivity contribution >= 4 is 17.8 Å². The molecule has 0 saturated heterocycles. The number of aliphatic carboxylic acids is 1. The number of likely N-dealkylation sites (N-methyl/N-ethyl adjacent to an activating group) is 1. The van der Waals surface area contributed by atoms with Crippen LogP contribution in [0, 0.1) is 0 Å². The molecule has 86 valence electrons. The third kappa shape index (κ3) is 6.44. The van der Waals surface area contributed by atoms with E-state index in [0.29, 0.717) is 6.54 Å². The van der Waals surface area contributed by atoms with Crippen LogP contribution in [0.1, 0.15) is 6.92 Å². The molecule has 0 heterocycles. The second-order valence-electron chi connectivity index (χ2n) is 2.76. The minimum absolute atomic E-state index is 0.189. The summed E-state index contributed by atoms with van der Waals surface area (Å²) in [6.07, 6.45) is 0. The smallest absolute Gasteiger partial charge is 0.329 e. The number of hydrogen-bond donors (Lipinski definition) is 2. The number of ether oxygens (including phenoxy) is 1. The first-order valence-electron chi connectivity index (χ1n) is 4.33. The zero-order valence-corrected chi connectivity index (χ0v) is 8.43. The minimum atomic E-state index is -1.15. The summed E-state index contributed by atoms with van der Waals surface area (Å²) in [6.45, 7) is 0.898. The molecule has 0 aliphatic heterocycles. The van der Waals surface area contributed by atoms with Gasteiger partial charge in [-0.3, -0.25) is 9.59 Å². The Labute approximate surface area is 86.8 Å². The van der Waals surface area contributed by atoms with Gasteiger partial charge in [0.25, 0.3) is 0 Å². The first kappa shape index (κ1) is 13.4. The summed E-state index contributed by atoms with van der Waals surface area (Å²) in [7, 11) is 0. The summed E-state index contributed by atoms with van der Waals surface area (Å²) < 4.78 is 4.58.